The lowest BCUT2D eigenvalue weighted by atomic mass is 9.77. The van der Waals surface area contributed by atoms with Crippen LogP contribution in [0.2, 0.25) is 0 Å². The van der Waals surface area contributed by atoms with Crippen molar-refractivity contribution in [2.75, 3.05) is 31.6 Å². The van der Waals surface area contributed by atoms with E-state index in [0.29, 0.717) is 24.2 Å². The van der Waals surface area contributed by atoms with Gasteiger partial charge < -0.3 is 9.80 Å². The van der Waals surface area contributed by atoms with Crippen molar-refractivity contribution < 1.29 is 9.59 Å². The summed E-state index contributed by atoms with van der Waals surface area (Å²) in [6.45, 7) is 2.36. The minimum Gasteiger partial charge on any atom is -0.341 e. The van der Waals surface area contributed by atoms with Crippen LogP contribution in [0, 0.1) is 5.41 Å². The SMILES string of the molecule is CSCC(=O)N1CC[C@@]2(CCCN(C3CCCCC3)C2=O)C1. The molecular weight excluding hydrogens is 296 g/mol. The Bertz CT molecular complexity index is 436. The Hall–Kier alpha value is -0.710. The molecule has 1 saturated carbocycles. The Morgan fingerprint density at radius 1 is 1.18 bits per heavy atom. The molecule has 3 fully saturated rings. The zero-order valence-electron chi connectivity index (χ0n) is 13.7. The van der Waals surface area contributed by atoms with Gasteiger partial charge in [0.2, 0.25) is 11.8 Å². The minimum absolute atomic E-state index is 0.201. The summed E-state index contributed by atoms with van der Waals surface area (Å²) in [7, 11) is 0. The van der Waals surface area contributed by atoms with Crippen LogP contribution in [0.1, 0.15) is 51.4 Å². The molecule has 1 aliphatic carbocycles. The summed E-state index contributed by atoms with van der Waals surface area (Å²) < 4.78 is 0. The monoisotopic (exact) mass is 324 g/mol. The molecule has 4 nitrogen and oxygen atoms in total. The van der Waals surface area contributed by atoms with E-state index in [1.807, 2.05) is 11.2 Å². The molecule has 3 aliphatic rings. The molecule has 0 N–H and O–H groups in total. The van der Waals surface area contributed by atoms with Crippen molar-refractivity contribution in [1.82, 2.24) is 9.80 Å². The molecule has 2 aliphatic heterocycles. The number of piperidine rings is 1. The Kier molecular flexibility index (Phi) is 5.00. The fraction of sp³-hybridized carbons (Fsp3) is 0.882. The predicted molar refractivity (Wildman–Crippen MR) is 89.8 cm³/mol. The van der Waals surface area contributed by atoms with Crippen LogP contribution in [0.3, 0.4) is 0 Å². The number of carbonyl (C=O) groups excluding carboxylic acids is 2. The van der Waals surface area contributed by atoms with Crippen LogP contribution in [0.15, 0.2) is 0 Å². The van der Waals surface area contributed by atoms with Gasteiger partial charge in [0.15, 0.2) is 0 Å². The molecule has 124 valence electrons. The maximum absolute atomic E-state index is 13.2. The summed E-state index contributed by atoms with van der Waals surface area (Å²) in [6, 6.07) is 0.467. The lowest BCUT2D eigenvalue weighted by Gasteiger charge is -2.44. The number of thioether (sulfide) groups is 1. The first-order valence-electron chi connectivity index (χ1n) is 8.74. The van der Waals surface area contributed by atoms with Crippen LogP contribution in [0.4, 0.5) is 0 Å². The summed E-state index contributed by atoms with van der Waals surface area (Å²) in [5, 5.41) is 0. The zero-order valence-corrected chi connectivity index (χ0v) is 14.5. The molecule has 0 bridgehead atoms. The molecular formula is C17H28N2O2S. The number of rotatable bonds is 3. The van der Waals surface area contributed by atoms with Gasteiger partial charge in [0.25, 0.3) is 0 Å². The van der Waals surface area contributed by atoms with E-state index in [4.69, 9.17) is 0 Å². The van der Waals surface area contributed by atoms with Crippen molar-refractivity contribution >= 4 is 23.6 Å². The highest BCUT2D eigenvalue weighted by atomic mass is 32.2. The van der Waals surface area contributed by atoms with Crippen LogP contribution < -0.4 is 0 Å². The predicted octanol–water partition coefficient (Wildman–Crippen LogP) is 2.52. The van der Waals surface area contributed by atoms with Gasteiger partial charge in [-0.2, -0.15) is 11.8 Å². The third-order valence-corrected chi connectivity index (χ3v) is 6.29. The van der Waals surface area contributed by atoms with E-state index in [9.17, 15) is 9.59 Å². The third-order valence-electron chi connectivity index (χ3n) is 5.76. The van der Waals surface area contributed by atoms with Crippen LogP contribution in [-0.2, 0) is 9.59 Å². The van der Waals surface area contributed by atoms with Crippen molar-refractivity contribution in [3.05, 3.63) is 0 Å². The molecule has 2 saturated heterocycles. The smallest absolute Gasteiger partial charge is 0.232 e. The molecule has 0 aromatic heterocycles. The second-order valence-electron chi connectivity index (χ2n) is 7.17. The first kappa shape index (κ1) is 16.2. The molecule has 2 amide bonds. The van der Waals surface area contributed by atoms with Gasteiger partial charge in [-0.15, -0.1) is 0 Å². The fourth-order valence-corrected chi connectivity index (χ4v) is 4.95. The molecule has 22 heavy (non-hydrogen) atoms. The number of hydrogen-bond donors (Lipinski definition) is 0. The van der Waals surface area contributed by atoms with Crippen molar-refractivity contribution in [3.63, 3.8) is 0 Å². The molecule has 0 unspecified atom stereocenters. The van der Waals surface area contributed by atoms with E-state index in [2.05, 4.69) is 4.90 Å². The van der Waals surface area contributed by atoms with Crippen LogP contribution in [0.5, 0.6) is 0 Å². The van der Waals surface area contributed by atoms with Crippen molar-refractivity contribution in [2.24, 2.45) is 5.41 Å². The second kappa shape index (κ2) is 6.81. The lowest BCUT2D eigenvalue weighted by molar-refractivity contribution is -0.149. The number of nitrogens with zero attached hydrogens (tertiary/aromatic N) is 2. The standard InChI is InChI=1S/C17H28N2O2S/c1-22-12-15(20)18-11-9-17(13-18)8-5-10-19(16(17)21)14-6-3-2-4-7-14/h14H,2-13H2,1H3/t17-/m0/s1. The summed E-state index contributed by atoms with van der Waals surface area (Å²) in [5.74, 6) is 1.09. The molecule has 5 heteroatoms. The Morgan fingerprint density at radius 3 is 2.68 bits per heavy atom. The number of carbonyl (C=O) groups is 2. The lowest BCUT2D eigenvalue weighted by Crippen LogP contribution is -2.54. The van der Waals surface area contributed by atoms with Crippen LogP contribution in [-0.4, -0.2) is 59.3 Å². The molecule has 0 radical (unpaired) electrons. The average Bonchev–Trinajstić information content (AvgIpc) is 2.97. The van der Waals surface area contributed by atoms with Crippen molar-refractivity contribution in [3.8, 4) is 0 Å². The molecule has 3 rings (SSSR count). The summed E-state index contributed by atoms with van der Waals surface area (Å²) in [4.78, 5) is 29.4. The first-order chi connectivity index (χ1) is 10.7. The van der Waals surface area contributed by atoms with E-state index in [1.165, 1.54) is 32.1 Å². The quantitative estimate of drug-likeness (QED) is 0.801. The van der Waals surface area contributed by atoms with Gasteiger partial charge in [-0.1, -0.05) is 19.3 Å². The fourth-order valence-electron chi connectivity index (χ4n) is 4.52. The van der Waals surface area contributed by atoms with Gasteiger partial charge in [-0.25, -0.2) is 0 Å². The topological polar surface area (TPSA) is 40.6 Å². The van der Waals surface area contributed by atoms with E-state index >= 15 is 0 Å². The average molecular weight is 324 g/mol. The molecule has 0 aromatic rings. The number of amides is 2. The van der Waals surface area contributed by atoms with E-state index in [0.717, 1.165) is 32.4 Å². The van der Waals surface area contributed by atoms with Gasteiger partial charge in [0, 0.05) is 25.7 Å². The van der Waals surface area contributed by atoms with Gasteiger partial charge >= 0.3 is 0 Å². The Labute approximate surface area is 138 Å². The zero-order chi connectivity index (χ0) is 15.6. The van der Waals surface area contributed by atoms with E-state index in [-0.39, 0.29) is 11.3 Å². The van der Waals surface area contributed by atoms with Crippen molar-refractivity contribution in [2.45, 2.75) is 57.4 Å². The Balaban J connectivity index is 1.68. The molecule has 1 spiro atoms. The van der Waals surface area contributed by atoms with Crippen molar-refractivity contribution in [1.29, 1.82) is 0 Å². The summed E-state index contributed by atoms with van der Waals surface area (Å²) in [5.41, 5.74) is -0.260. The third kappa shape index (κ3) is 3.01. The van der Waals surface area contributed by atoms with Crippen LogP contribution >= 0.6 is 11.8 Å². The summed E-state index contributed by atoms with van der Waals surface area (Å²) >= 11 is 1.57. The highest BCUT2D eigenvalue weighted by Crippen LogP contribution is 2.42. The molecule has 0 aromatic carbocycles. The van der Waals surface area contributed by atoms with Gasteiger partial charge in [0.1, 0.15) is 0 Å². The highest BCUT2D eigenvalue weighted by molar-refractivity contribution is 7.99. The van der Waals surface area contributed by atoms with E-state index < -0.39 is 0 Å². The second-order valence-corrected chi connectivity index (χ2v) is 8.04. The minimum atomic E-state index is -0.260. The molecule has 1 atom stereocenters. The Morgan fingerprint density at radius 2 is 1.95 bits per heavy atom. The van der Waals surface area contributed by atoms with Crippen LogP contribution in [0.25, 0.3) is 0 Å². The maximum Gasteiger partial charge on any atom is 0.232 e. The first-order valence-corrected chi connectivity index (χ1v) is 10.1. The normalized spacial score (nSPS) is 30.3. The highest BCUT2D eigenvalue weighted by Gasteiger charge is 2.50. The number of likely N-dealkylation sites (tertiary alicyclic amines) is 2. The van der Waals surface area contributed by atoms with Gasteiger partial charge in [0.05, 0.1) is 11.2 Å². The largest absolute Gasteiger partial charge is 0.341 e. The van der Waals surface area contributed by atoms with E-state index in [1.54, 1.807) is 11.8 Å². The summed E-state index contributed by atoms with van der Waals surface area (Å²) in [6.07, 6.45) is 11.1. The maximum atomic E-state index is 13.2. The van der Waals surface area contributed by atoms with Gasteiger partial charge in [-0.05, 0) is 38.4 Å². The molecule has 2 heterocycles. The number of hydrogen-bond acceptors (Lipinski definition) is 3. The van der Waals surface area contributed by atoms with Gasteiger partial charge in [-0.3, -0.25) is 9.59 Å².